The van der Waals surface area contributed by atoms with Gasteiger partial charge in [0, 0.05) is 59.3 Å². The lowest BCUT2D eigenvalue weighted by Gasteiger charge is -2.32. The number of hydrogen-bond donors (Lipinski definition) is 2. The van der Waals surface area contributed by atoms with E-state index in [4.69, 9.17) is 9.47 Å². The SMILES string of the molecule is COC(=O)CCCCN1C(=O)[C@]2(O[C@H](CCn3cc(CCO)nn3)[C@@H]([Si](C)(C)O)[C@@H]2C)c2cc(I)ccc21. The Morgan fingerprint density at radius 1 is 1.29 bits per heavy atom. The van der Waals surface area contributed by atoms with Crippen molar-refractivity contribution in [1.82, 2.24) is 15.0 Å². The number of halogens is 1. The van der Waals surface area contributed by atoms with E-state index in [1.165, 1.54) is 7.11 Å². The fourth-order valence-corrected chi connectivity index (χ4v) is 9.21. The molecule has 3 heterocycles. The number of carbonyl (C=O) groups excluding carboxylic acids is 2. The van der Waals surface area contributed by atoms with Crippen LogP contribution in [0.5, 0.6) is 0 Å². The smallest absolute Gasteiger partial charge is 0.305 e. The number of anilines is 1. The molecule has 2 aromatic rings. The summed E-state index contributed by atoms with van der Waals surface area (Å²) in [4.78, 5) is 39.0. The van der Waals surface area contributed by atoms with Crippen molar-refractivity contribution in [3.8, 4) is 0 Å². The number of rotatable bonds is 11. The van der Waals surface area contributed by atoms with Crippen molar-refractivity contribution in [1.29, 1.82) is 0 Å². The molecule has 4 atom stereocenters. The second-order valence-electron chi connectivity index (χ2n) is 10.7. The molecular weight excluding hydrogens is 619 g/mol. The monoisotopic (exact) mass is 656 g/mol. The molecular formula is C26H37IN4O6Si. The molecule has 208 valence electrons. The Hall–Kier alpha value is -1.87. The number of fused-ring (bicyclic) bond motifs is 2. The largest absolute Gasteiger partial charge is 0.469 e. The summed E-state index contributed by atoms with van der Waals surface area (Å²) in [5.74, 6) is -0.588. The Balaban J connectivity index is 1.62. The van der Waals surface area contributed by atoms with Gasteiger partial charge in [-0.2, -0.15) is 0 Å². The van der Waals surface area contributed by atoms with Gasteiger partial charge in [0.05, 0.1) is 24.6 Å². The van der Waals surface area contributed by atoms with Crippen molar-refractivity contribution in [2.24, 2.45) is 5.92 Å². The molecule has 0 saturated carbocycles. The van der Waals surface area contributed by atoms with E-state index < -0.39 is 13.9 Å². The second-order valence-corrected chi connectivity index (χ2v) is 16.0. The van der Waals surface area contributed by atoms with Crippen LogP contribution in [0.15, 0.2) is 24.4 Å². The highest BCUT2D eigenvalue weighted by Crippen LogP contribution is 2.59. The average molecular weight is 657 g/mol. The maximum atomic E-state index is 14.2. The molecule has 4 rings (SSSR count). The van der Waals surface area contributed by atoms with Crippen LogP contribution in [0.1, 0.15) is 43.9 Å². The number of aryl methyl sites for hydroxylation is 1. The van der Waals surface area contributed by atoms with Crippen molar-refractivity contribution in [2.45, 2.75) is 75.9 Å². The Labute approximate surface area is 238 Å². The third-order valence-corrected chi connectivity index (χ3v) is 11.0. The number of esters is 1. The van der Waals surface area contributed by atoms with E-state index in [1.54, 1.807) is 9.58 Å². The van der Waals surface area contributed by atoms with Gasteiger partial charge in [0.2, 0.25) is 0 Å². The van der Waals surface area contributed by atoms with E-state index in [9.17, 15) is 19.5 Å². The number of amides is 1. The molecule has 0 radical (unpaired) electrons. The van der Waals surface area contributed by atoms with E-state index in [0.29, 0.717) is 45.2 Å². The van der Waals surface area contributed by atoms with E-state index in [2.05, 4.69) is 32.9 Å². The number of benzene rings is 1. The van der Waals surface area contributed by atoms with Gasteiger partial charge in [0.15, 0.2) is 13.9 Å². The van der Waals surface area contributed by atoms with Gasteiger partial charge in [-0.15, -0.1) is 5.10 Å². The van der Waals surface area contributed by atoms with Crippen LogP contribution >= 0.6 is 22.6 Å². The molecule has 1 aromatic heterocycles. The predicted octanol–water partition coefficient (Wildman–Crippen LogP) is 3.00. The number of carbonyl (C=O) groups is 2. The number of aliphatic hydroxyl groups excluding tert-OH is 1. The molecule has 2 aliphatic heterocycles. The first-order valence-electron chi connectivity index (χ1n) is 13.1. The molecule has 1 amide bonds. The zero-order valence-electron chi connectivity index (χ0n) is 22.4. The summed E-state index contributed by atoms with van der Waals surface area (Å²) in [6.07, 6.45) is 4.09. The topological polar surface area (TPSA) is 127 Å². The zero-order valence-corrected chi connectivity index (χ0v) is 25.6. The lowest BCUT2D eigenvalue weighted by atomic mass is 9.82. The van der Waals surface area contributed by atoms with Crippen LogP contribution in [0.4, 0.5) is 5.69 Å². The van der Waals surface area contributed by atoms with Crippen molar-refractivity contribution in [3.05, 3.63) is 39.2 Å². The van der Waals surface area contributed by atoms with Gasteiger partial charge in [-0.3, -0.25) is 14.3 Å². The third kappa shape index (κ3) is 5.55. The van der Waals surface area contributed by atoms with Crippen LogP contribution in [0.3, 0.4) is 0 Å². The first-order valence-corrected chi connectivity index (χ1v) is 17.2. The fraction of sp³-hybridized carbons (Fsp3) is 0.615. The number of hydrogen-bond acceptors (Lipinski definition) is 8. The van der Waals surface area contributed by atoms with Crippen LogP contribution in [0, 0.1) is 9.49 Å². The first-order chi connectivity index (χ1) is 18.0. The molecule has 0 unspecified atom stereocenters. The zero-order chi connectivity index (χ0) is 27.7. The van der Waals surface area contributed by atoms with E-state index >= 15 is 0 Å². The minimum Gasteiger partial charge on any atom is -0.469 e. The molecule has 2 aliphatic rings. The van der Waals surface area contributed by atoms with Gasteiger partial charge in [0.25, 0.3) is 5.91 Å². The van der Waals surface area contributed by atoms with E-state index in [-0.39, 0.29) is 36.0 Å². The molecule has 1 aromatic carbocycles. The summed E-state index contributed by atoms with van der Waals surface area (Å²) in [5.41, 5.74) is 1.06. The third-order valence-electron chi connectivity index (χ3n) is 7.78. The number of nitrogens with zero attached hydrogens (tertiary/aromatic N) is 4. The highest BCUT2D eigenvalue weighted by Gasteiger charge is 2.66. The van der Waals surface area contributed by atoms with Crippen molar-refractivity contribution >= 4 is 48.5 Å². The summed E-state index contributed by atoms with van der Waals surface area (Å²) >= 11 is 2.26. The summed E-state index contributed by atoms with van der Waals surface area (Å²) in [5, 5.41) is 17.4. The Morgan fingerprint density at radius 3 is 2.74 bits per heavy atom. The van der Waals surface area contributed by atoms with Crippen LogP contribution < -0.4 is 4.90 Å². The molecule has 2 N–H and O–H groups in total. The molecule has 0 bridgehead atoms. The maximum Gasteiger partial charge on any atom is 0.305 e. The number of methoxy groups -OCH3 is 1. The van der Waals surface area contributed by atoms with Crippen LogP contribution in [-0.4, -0.2) is 71.5 Å². The van der Waals surface area contributed by atoms with E-state index in [0.717, 1.165) is 20.5 Å². The molecule has 0 aliphatic carbocycles. The highest BCUT2D eigenvalue weighted by atomic mass is 127. The van der Waals surface area contributed by atoms with Crippen molar-refractivity contribution in [2.75, 3.05) is 25.2 Å². The van der Waals surface area contributed by atoms with Crippen LogP contribution in [0.2, 0.25) is 18.6 Å². The standard InChI is InChI=1S/C26H37IN4O6Si/c1-17-24(38(3,4)35)22(10-13-30-16-19(11-14-32)28-29-30)37-26(17)20-15-18(27)8-9-21(20)31(25(26)34)12-6-5-7-23(33)36-2/h8-9,15-17,22,24,32,35H,5-7,10-14H2,1-4H3/t17-,22+,24-,26+/m0/s1. The molecule has 1 spiro atoms. The van der Waals surface area contributed by atoms with Gasteiger partial charge >= 0.3 is 5.97 Å². The second kappa shape index (κ2) is 11.7. The maximum absolute atomic E-state index is 14.2. The number of aliphatic hydroxyl groups is 1. The first kappa shape index (κ1) is 29.1. The normalized spacial score (nSPS) is 24.9. The molecule has 38 heavy (non-hydrogen) atoms. The highest BCUT2D eigenvalue weighted by molar-refractivity contribution is 14.1. The average Bonchev–Trinajstić information content (AvgIpc) is 3.50. The minimum absolute atomic E-state index is 0.0103. The molecule has 1 fully saturated rings. The quantitative estimate of drug-likeness (QED) is 0.164. The van der Waals surface area contributed by atoms with Gasteiger partial charge in [-0.25, -0.2) is 0 Å². The van der Waals surface area contributed by atoms with Crippen molar-refractivity contribution in [3.63, 3.8) is 0 Å². The van der Waals surface area contributed by atoms with E-state index in [1.807, 2.05) is 44.4 Å². The van der Waals surface area contributed by atoms with Gasteiger partial charge in [-0.1, -0.05) is 12.1 Å². The number of aromatic nitrogens is 3. The minimum atomic E-state index is -2.75. The van der Waals surface area contributed by atoms with Crippen LogP contribution in [0.25, 0.3) is 0 Å². The van der Waals surface area contributed by atoms with Crippen molar-refractivity contribution < 1.29 is 29.0 Å². The van der Waals surface area contributed by atoms with Gasteiger partial charge < -0.3 is 24.3 Å². The Kier molecular flexibility index (Phi) is 8.97. The molecule has 10 nitrogen and oxygen atoms in total. The Bertz CT molecular complexity index is 1170. The molecule has 12 heteroatoms. The summed E-state index contributed by atoms with van der Waals surface area (Å²) < 4.78 is 14.3. The number of unbranched alkanes of at least 4 members (excludes halogenated alkanes) is 1. The number of ether oxygens (including phenoxy) is 2. The fourth-order valence-electron chi connectivity index (χ4n) is 6.12. The summed E-state index contributed by atoms with van der Waals surface area (Å²) in [6, 6.07) is 5.99. The van der Waals surface area contributed by atoms with Gasteiger partial charge in [0.1, 0.15) is 0 Å². The lowest BCUT2D eigenvalue weighted by molar-refractivity contribution is -0.146. The molecule has 1 saturated heterocycles. The predicted molar refractivity (Wildman–Crippen MR) is 152 cm³/mol. The lowest BCUT2D eigenvalue weighted by Crippen LogP contribution is -2.46. The Morgan fingerprint density at radius 2 is 2.05 bits per heavy atom. The summed E-state index contributed by atoms with van der Waals surface area (Å²) in [7, 11) is -1.37. The summed E-state index contributed by atoms with van der Waals surface area (Å²) in [6.45, 7) is 6.87. The van der Waals surface area contributed by atoms with Gasteiger partial charge in [-0.05, 0) is 73.1 Å². The van der Waals surface area contributed by atoms with Crippen LogP contribution in [-0.2, 0) is 37.6 Å².